The molecule has 0 radical (unpaired) electrons. The molecule has 0 aliphatic rings. The monoisotopic (exact) mass is 361 g/mol. The summed E-state index contributed by atoms with van der Waals surface area (Å²) in [5.41, 5.74) is 3.79. The van der Waals surface area contributed by atoms with E-state index in [0.717, 1.165) is 17.0 Å². The van der Waals surface area contributed by atoms with Crippen LogP contribution in [0.15, 0.2) is 54.6 Å². The van der Waals surface area contributed by atoms with Gasteiger partial charge in [0.15, 0.2) is 0 Å². The van der Waals surface area contributed by atoms with E-state index in [0.29, 0.717) is 16.8 Å². The van der Waals surface area contributed by atoms with Crippen molar-refractivity contribution >= 4 is 17.3 Å². The number of nitriles is 1. The van der Waals surface area contributed by atoms with Crippen LogP contribution in [0.3, 0.4) is 0 Å². The predicted molar refractivity (Wildman–Crippen MR) is 102 cm³/mol. The summed E-state index contributed by atoms with van der Waals surface area (Å²) in [5.74, 6) is -0.328. The first-order chi connectivity index (χ1) is 12.9. The lowest BCUT2D eigenvalue weighted by Crippen LogP contribution is -2.01. The summed E-state index contributed by atoms with van der Waals surface area (Å²) in [5, 5.41) is 20.3. The van der Waals surface area contributed by atoms with Crippen LogP contribution in [0.2, 0.25) is 0 Å². The minimum Gasteiger partial charge on any atom is -0.315 e. The van der Waals surface area contributed by atoms with Crippen molar-refractivity contribution in [1.29, 1.82) is 5.26 Å². The van der Waals surface area contributed by atoms with Crippen LogP contribution in [0, 0.1) is 41.1 Å². The molecule has 0 saturated heterocycles. The molecule has 3 rings (SSSR count). The Labute approximate surface area is 155 Å². The Kier molecular flexibility index (Phi) is 4.86. The molecule has 0 atom stereocenters. The van der Waals surface area contributed by atoms with Gasteiger partial charge in [-0.3, -0.25) is 10.1 Å². The van der Waals surface area contributed by atoms with Crippen LogP contribution in [0.25, 0.3) is 17.3 Å². The smallest absolute Gasteiger partial charge is 0.269 e. The maximum atomic E-state index is 14.2. The van der Waals surface area contributed by atoms with Gasteiger partial charge in [0.25, 0.3) is 5.69 Å². The molecule has 0 amide bonds. The van der Waals surface area contributed by atoms with Gasteiger partial charge in [-0.15, -0.1) is 0 Å². The molecule has 0 aliphatic carbocycles. The van der Waals surface area contributed by atoms with Crippen molar-refractivity contribution in [2.24, 2.45) is 0 Å². The van der Waals surface area contributed by atoms with E-state index in [-0.39, 0.29) is 11.5 Å². The van der Waals surface area contributed by atoms with Crippen LogP contribution >= 0.6 is 0 Å². The normalized spacial score (nSPS) is 11.3. The fourth-order valence-electron chi connectivity index (χ4n) is 3.04. The molecule has 0 saturated carbocycles. The largest absolute Gasteiger partial charge is 0.315 e. The average molecular weight is 361 g/mol. The first-order valence-electron chi connectivity index (χ1n) is 8.23. The number of nitro benzene ring substituents is 1. The number of para-hydroxylation sites is 1. The molecule has 1 aromatic heterocycles. The van der Waals surface area contributed by atoms with Crippen molar-refractivity contribution in [3.05, 3.63) is 93.0 Å². The number of nitro groups is 1. The lowest BCUT2D eigenvalue weighted by Gasteiger charge is -2.10. The summed E-state index contributed by atoms with van der Waals surface area (Å²) in [6.07, 6.45) is 1.71. The van der Waals surface area contributed by atoms with Crippen molar-refractivity contribution in [2.45, 2.75) is 13.8 Å². The maximum absolute atomic E-state index is 14.2. The Morgan fingerprint density at radius 1 is 1.19 bits per heavy atom. The summed E-state index contributed by atoms with van der Waals surface area (Å²) in [6, 6.07) is 16.3. The van der Waals surface area contributed by atoms with Gasteiger partial charge in [-0.2, -0.15) is 5.26 Å². The van der Waals surface area contributed by atoms with Crippen LogP contribution in [-0.2, 0) is 0 Å². The highest BCUT2D eigenvalue weighted by atomic mass is 19.1. The van der Waals surface area contributed by atoms with Crippen LogP contribution in [-0.4, -0.2) is 9.49 Å². The van der Waals surface area contributed by atoms with E-state index in [1.165, 1.54) is 18.2 Å². The van der Waals surface area contributed by atoms with Crippen molar-refractivity contribution in [1.82, 2.24) is 4.57 Å². The molecule has 3 aromatic rings. The number of non-ortho nitro benzene ring substituents is 1. The summed E-state index contributed by atoms with van der Waals surface area (Å²) in [4.78, 5) is 10.3. The first-order valence-corrected chi connectivity index (χ1v) is 8.23. The molecule has 5 nitrogen and oxygen atoms in total. The third-order valence-electron chi connectivity index (χ3n) is 4.37. The van der Waals surface area contributed by atoms with Crippen LogP contribution in [0.4, 0.5) is 10.1 Å². The lowest BCUT2D eigenvalue weighted by atomic mass is 10.0. The number of nitrogens with zero attached hydrogens (tertiary/aromatic N) is 3. The van der Waals surface area contributed by atoms with Gasteiger partial charge in [0.05, 0.1) is 22.3 Å². The Morgan fingerprint density at radius 3 is 2.44 bits per heavy atom. The molecule has 27 heavy (non-hydrogen) atoms. The van der Waals surface area contributed by atoms with E-state index in [1.54, 1.807) is 41.0 Å². The Balaban J connectivity index is 2.06. The number of rotatable bonds is 4. The molecule has 0 bridgehead atoms. The summed E-state index contributed by atoms with van der Waals surface area (Å²) in [7, 11) is 0. The third kappa shape index (κ3) is 3.48. The van der Waals surface area contributed by atoms with Crippen molar-refractivity contribution in [3.8, 4) is 11.8 Å². The van der Waals surface area contributed by atoms with Gasteiger partial charge in [0.1, 0.15) is 5.82 Å². The van der Waals surface area contributed by atoms with Gasteiger partial charge in [-0.1, -0.05) is 12.1 Å². The Hall–Kier alpha value is -3.72. The molecule has 0 spiro atoms. The Bertz CT molecular complexity index is 1090. The molecule has 6 heteroatoms. The summed E-state index contributed by atoms with van der Waals surface area (Å²) in [6.45, 7) is 3.73. The van der Waals surface area contributed by atoms with Gasteiger partial charge in [0.2, 0.25) is 0 Å². The highest BCUT2D eigenvalue weighted by Crippen LogP contribution is 2.27. The summed E-state index contributed by atoms with van der Waals surface area (Å²) < 4.78 is 16.0. The van der Waals surface area contributed by atoms with Gasteiger partial charge in [0, 0.05) is 23.5 Å². The van der Waals surface area contributed by atoms with Crippen molar-refractivity contribution in [3.63, 3.8) is 0 Å². The minimum atomic E-state index is -0.485. The standard InChI is InChI=1S/C21H16FN3O2/c1-14-11-17(15(2)24(14)21-6-4-3-5-20(21)22)12-18(13-23)16-7-9-19(10-8-16)25(26)27/h3-12H,1-2H3/b18-12+. The second kappa shape index (κ2) is 7.26. The fraction of sp³-hybridized carbons (Fsp3) is 0.0952. The molecule has 134 valence electrons. The first kappa shape index (κ1) is 18.1. The molecule has 0 unspecified atom stereocenters. The zero-order valence-corrected chi connectivity index (χ0v) is 14.8. The predicted octanol–water partition coefficient (Wildman–Crippen LogP) is 5.21. The molecular weight excluding hydrogens is 345 g/mol. The maximum Gasteiger partial charge on any atom is 0.269 e. The molecule has 0 N–H and O–H groups in total. The van der Waals surface area contributed by atoms with Gasteiger partial charge >= 0.3 is 0 Å². The van der Waals surface area contributed by atoms with E-state index in [2.05, 4.69) is 6.07 Å². The van der Waals surface area contributed by atoms with Gasteiger partial charge < -0.3 is 4.57 Å². The van der Waals surface area contributed by atoms with E-state index >= 15 is 0 Å². The molecule has 1 heterocycles. The van der Waals surface area contributed by atoms with Crippen LogP contribution in [0.1, 0.15) is 22.5 Å². The van der Waals surface area contributed by atoms with Crippen LogP contribution in [0.5, 0.6) is 0 Å². The third-order valence-corrected chi connectivity index (χ3v) is 4.37. The highest BCUT2D eigenvalue weighted by Gasteiger charge is 2.14. The quantitative estimate of drug-likeness (QED) is 0.364. The number of aromatic nitrogens is 1. The highest BCUT2D eigenvalue weighted by molar-refractivity contribution is 5.90. The van der Waals surface area contributed by atoms with Crippen molar-refractivity contribution in [2.75, 3.05) is 0 Å². The molecule has 0 fully saturated rings. The molecule has 0 aliphatic heterocycles. The molecular formula is C21H16FN3O2. The van der Waals surface area contributed by atoms with E-state index < -0.39 is 4.92 Å². The second-order valence-electron chi connectivity index (χ2n) is 6.09. The topological polar surface area (TPSA) is 71.9 Å². The van der Waals surface area contributed by atoms with Gasteiger partial charge in [-0.05, 0) is 61.4 Å². The zero-order chi connectivity index (χ0) is 19.6. The Morgan fingerprint density at radius 2 is 1.85 bits per heavy atom. The summed E-state index contributed by atoms with van der Waals surface area (Å²) >= 11 is 0. The van der Waals surface area contributed by atoms with Crippen molar-refractivity contribution < 1.29 is 9.31 Å². The number of allylic oxidation sites excluding steroid dienone is 1. The SMILES string of the molecule is Cc1cc(/C=C(\C#N)c2ccc([N+](=O)[O-])cc2)c(C)n1-c1ccccc1F. The van der Waals surface area contributed by atoms with E-state index in [4.69, 9.17) is 0 Å². The van der Waals surface area contributed by atoms with Gasteiger partial charge in [-0.25, -0.2) is 4.39 Å². The lowest BCUT2D eigenvalue weighted by molar-refractivity contribution is -0.384. The second-order valence-corrected chi connectivity index (χ2v) is 6.09. The number of hydrogen-bond acceptors (Lipinski definition) is 3. The zero-order valence-electron chi connectivity index (χ0n) is 14.8. The van der Waals surface area contributed by atoms with E-state index in [1.807, 2.05) is 19.9 Å². The average Bonchev–Trinajstić information content (AvgIpc) is 2.93. The number of benzene rings is 2. The van der Waals surface area contributed by atoms with Crippen LogP contribution < -0.4 is 0 Å². The number of halogens is 1. The molecule has 2 aromatic carbocycles. The minimum absolute atomic E-state index is 0.0335. The number of hydrogen-bond donors (Lipinski definition) is 0. The van der Waals surface area contributed by atoms with E-state index in [9.17, 15) is 19.8 Å². The fourth-order valence-corrected chi connectivity index (χ4v) is 3.04. The number of aryl methyl sites for hydroxylation is 1.